The molecule has 0 saturated heterocycles. The Labute approximate surface area is 221 Å². The Kier molecular flexibility index (Phi) is 5.45. The third kappa shape index (κ3) is 3.19. The van der Waals surface area contributed by atoms with E-state index in [1.54, 1.807) is 12.1 Å². The Morgan fingerprint density at radius 1 is 0.553 bits per heavy atom. The van der Waals surface area contributed by atoms with Gasteiger partial charge in [0.25, 0.3) is 11.4 Å². The molecular weight excluding hydrogens is 476 g/mol. The summed E-state index contributed by atoms with van der Waals surface area (Å²) in [5.74, 6) is 0. The third-order valence-corrected chi connectivity index (χ3v) is 9.11. The zero-order chi connectivity index (χ0) is 26.7. The zero-order valence-electron chi connectivity index (χ0n) is 21.4. The van der Waals surface area contributed by atoms with Crippen molar-refractivity contribution in [3.05, 3.63) is 127 Å². The summed E-state index contributed by atoms with van der Waals surface area (Å²) < 4.78 is 0. The Bertz CT molecular complexity index is 1510. The van der Waals surface area contributed by atoms with Crippen molar-refractivity contribution in [2.24, 2.45) is 0 Å². The van der Waals surface area contributed by atoms with Crippen molar-refractivity contribution < 1.29 is 9.85 Å². The van der Waals surface area contributed by atoms with Gasteiger partial charge in [0.2, 0.25) is 0 Å². The molecule has 0 saturated carbocycles. The van der Waals surface area contributed by atoms with Crippen molar-refractivity contribution in [1.29, 1.82) is 0 Å². The maximum Gasteiger partial charge on any atom is 0.269 e. The number of non-ortho nitro benzene ring substituents is 2. The Hall–Kier alpha value is -4.32. The number of benzene rings is 4. The first-order valence-electron chi connectivity index (χ1n) is 13.1. The molecule has 0 unspecified atom stereocenters. The van der Waals surface area contributed by atoms with Gasteiger partial charge in [-0.1, -0.05) is 62.4 Å². The second-order valence-corrected chi connectivity index (χ2v) is 10.4. The molecule has 0 heterocycles. The molecule has 6 heteroatoms. The predicted molar refractivity (Wildman–Crippen MR) is 148 cm³/mol. The molecule has 6 rings (SSSR count). The number of hydrogen-bond acceptors (Lipinski definition) is 4. The number of hydrogen-bond donors (Lipinski definition) is 0. The quantitative estimate of drug-likeness (QED) is 0.187. The first-order chi connectivity index (χ1) is 18.4. The van der Waals surface area contributed by atoms with Crippen LogP contribution in [0.2, 0.25) is 0 Å². The minimum Gasteiger partial charge on any atom is -0.258 e. The summed E-state index contributed by atoms with van der Waals surface area (Å²) in [5, 5.41) is 23.5. The minimum absolute atomic E-state index is 0.0469. The van der Waals surface area contributed by atoms with Gasteiger partial charge in [0.05, 0.1) is 9.85 Å². The first kappa shape index (κ1) is 24.0. The van der Waals surface area contributed by atoms with E-state index in [4.69, 9.17) is 0 Å². The summed E-state index contributed by atoms with van der Waals surface area (Å²) in [6, 6.07) is 27.3. The topological polar surface area (TPSA) is 86.3 Å². The lowest BCUT2D eigenvalue weighted by Crippen LogP contribution is -2.31. The molecule has 0 N–H and O–H groups in total. The van der Waals surface area contributed by atoms with Gasteiger partial charge in [0.1, 0.15) is 0 Å². The minimum atomic E-state index is -0.572. The summed E-state index contributed by atoms with van der Waals surface area (Å²) in [6.45, 7) is 4.31. The van der Waals surface area contributed by atoms with E-state index in [-0.39, 0.29) is 26.6 Å². The fraction of sp³-hybridized carbons (Fsp3) is 0.250. The highest BCUT2D eigenvalue weighted by Gasteiger charge is 2.47. The highest BCUT2D eigenvalue weighted by atomic mass is 16.6. The highest BCUT2D eigenvalue weighted by molar-refractivity contribution is 5.84. The summed E-state index contributed by atoms with van der Waals surface area (Å²) >= 11 is 0. The van der Waals surface area contributed by atoms with E-state index in [1.165, 1.54) is 34.4 Å². The average Bonchev–Trinajstić information content (AvgIpc) is 3.39. The average molecular weight is 505 g/mol. The van der Waals surface area contributed by atoms with Gasteiger partial charge in [-0.15, -0.1) is 0 Å². The van der Waals surface area contributed by atoms with Gasteiger partial charge in [-0.05, 0) is 82.3 Å². The van der Waals surface area contributed by atoms with Gasteiger partial charge >= 0.3 is 0 Å². The maximum absolute atomic E-state index is 11.8. The molecule has 0 spiro atoms. The Balaban J connectivity index is 1.54. The number of nitro groups is 2. The van der Waals surface area contributed by atoms with Crippen molar-refractivity contribution in [2.45, 2.75) is 50.4 Å². The van der Waals surface area contributed by atoms with Gasteiger partial charge < -0.3 is 0 Å². The van der Waals surface area contributed by atoms with Crippen LogP contribution in [0.4, 0.5) is 11.4 Å². The number of fused-ring (bicyclic) bond motifs is 6. The Morgan fingerprint density at radius 3 is 1.32 bits per heavy atom. The van der Waals surface area contributed by atoms with E-state index in [2.05, 4.69) is 62.4 Å². The third-order valence-electron chi connectivity index (χ3n) is 9.11. The number of nitro benzene ring substituents is 2. The van der Waals surface area contributed by atoms with Crippen LogP contribution in [0.5, 0.6) is 0 Å². The summed E-state index contributed by atoms with van der Waals surface area (Å²) in [4.78, 5) is 22.8. The second kappa shape index (κ2) is 8.62. The molecule has 0 radical (unpaired) electrons. The monoisotopic (exact) mass is 504 g/mol. The van der Waals surface area contributed by atoms with Crippen LogP contribution in [0.1, 0.15) is 61.8 Å². The molecule has 0 bridgehead atoms. The fourth-order valence-corrected chi connectivity index (χ4v) is 7.19. The Morgan fingerprint density at radius 2 is 0.921 bits per heavy atom. The van der Waals surface area contributed by atoms with Crippen LogP contribution in [0, 0.1) is 20.2 Å². The van der Waals surface area contributed by atoms with Gasteiger partial charge in [-0.25, -0.2) is 0 Å². The second-order valence-electron chi connectivity index (χ2n) is 10.4. The molecule has 6 nitrogen and oxygen atoms in total. The highest BCUT2D eigenvalue weighted by Crippen LogP contribution is 2.59. The molecule has 0 fully saturated rings. The van der Waals surface area contributed by atoms with Gasteiger partial charge in [0, 0.05) is 35.1 Å². The lowest BCUT2D eigenvalue weighted by Gasteiger charge is -2.37. The molecule has 0 atom stereocenters. The van der Waals surface area contributed by atoms with E-state index >= 15 is 0 Å². The number of rotatable bonds is 7. The van der Waals surface area contributed by atoms with Crippen LogP contribution in [0.3, 0.4) is 0 Å². The maximum atomic E-state index is 11.8. The van der Waals surface area contributed by atoms with Crippen LogP contribution < -0.4 is 0 Å². The van der Waals surface area contributed by atoms with E-state index in [0.717, 1.165) is 35.1 Å². The van der Waals surface area contributed by atoms with E-state index in [0.29, 0.717) is 12.8 Å². The van der Waals surface area contributed by atoms with Crippen LogP contribution in [-0.2, 0) is 10.8 Å². The lowest BCUT2D eigenvalue weighted by atomic mass is 9.65. The van der Waals surface area contributed by atoms with E-state index in [9.17, 15) is 20.2 Å². The van der Waals surface area contributed by atoms with E-state index < -0.39 is 5.41 Å². The molecular formula is C32H28N2O4. The van der Waals surface area contributed by atoms with Crippen LogP contribution in [0.25, 0.3) is 22.3 Å². The molecule has 0 aliphatic heterocycles. The van der Waals surface area contributed by atoms with Crippen LogP contribution in [0.15, 0.2) is 84.9 Å². The molecule has 4 aromatic carbocycles. The van der Waals surface area contributed by atoms with Crippen molar-refractivity contribution in [3.63, 3.8) is 0 Å². The molecule has 0 amide bonds. The summed E-state index contributed by atoms with van der Waals surface area (Å²) in [7, 11) is 0. The van der Waals surface area contributed by atoms with E-state index in [1.807, 2.05) is 12.1 Å². The molecule has 2 aliphatic carbocycles. The van der Waals surface area contributed by atoms with Crippen LogP contribution in [-0.4, -0.2) is 9.85 Å². The summed E-state index contributed by atoms with van der Waals surface area (Å²) in [5.41, 5.74) is 8.11. The first-order valence-corrected chi connectivity index (χ1v) is 13.1. The van der Waals surface area contributed by atoms with Crippen molar-refractivity contribution in [2.75, 3.05) is 0 Å². The summed E-state index contributed by atoms with van der Waals surface area (Å²) in [6.07, 6.45) is 3.11. The lowest BCUT2D eigenvalue weighted by molar-refractivity contribution is -0.385. The standard InChI is InChI=1S/C32H28N2O4/c1-3-31(27-11-7-5-9-23(27)24-10-6-8-12-28(24)31)17-18-32(4-2)29-19-21(33(35)36)13-15-25(29)26-16-14-22(34(37)38)20-30(26)32/h5-16,19-20H,3-4,17-18H2,1-2H3. The van der Waals surface area contributed by atoms with Crippen LogP contribution >= 0.6 is 0 Å². The molecule has 0 aromatic heterocycles. The smallest absolute Gasteiger partial charge is 0.258 e. The number of nitrogens with zero attached hydrogens (tertiary/aromatic N) is 2. The normalized spacial score (nSPS) is 15.3. The zero-order valence-corrected chi connectivity index (χ0v) is 21.4. The van der Waals surface area contributed by atoms with Gasteiger partial charge in [0.15, 0.2) is 0 Å². The molecule has 190 valence electrons. The van der Waals surface area contributed by atoms with Gasteiger partial charge in [-0.2, -0.15) is 0 Å². The molecule has 38 heavy (non-hydrogen) atoms. The predicted octanol–water partition coefficient (Wildman–Crippen LogP) is 8.34. The van der Waals surface area contributed by atoms with Gasteiger partial charge in [-0.3, -0.25) is 20.2 Å². The SMILES string of the molecule is CCC1(CCC2(CC)c3cc([N+](=O)[O-])ccc3-c3ccc([N+](=O)[O-])cc32)c2ccccc2-c2ccccc21. The van der Waals surface area contributed by atoms with Crippen molar-refractivity contribution in [3.8, 4) is 22.3 Å². The molecule has 2 aliphatic rings. The van der Waals surface area contributed by atoms with Crippen molar-refractivity contribution in [1.82, 2.24) is 0 Å². The molecule has 4 aromatic rings. The largest absolute Gasteiger partial charge is 0.269 e. The van der Waals surface area contributed by atoms with Crippen molar-refractivity contribution >= 4 is 11.4 Å². The fourth-order valence-electron chi connectivity index (χ4n) is 7.19.